The molecular formula is C15H13Cl2N3. The first kappa shape index (κ1) is 13.4. The van der Waals surface area contributed by atoms with Gasteiger partial charge in [-0.3, -0.25) is 0 Å². The third-order valence-corrected chi connectivity index (χ3v) is 3.98. The van der Waals surface area contributed by atoms with Crippen molar-refractivity contribution in [2.24, 2.45) is 0 Å². The van der Waals surface area contributed by atoms with Crippen LogP contribution in [-0.4, -0.2) is 9.55 Å². The lowest BCUT2D eigenvalue weighted by atomic mass is 10.1. The Kier molecular flexibility index (Phi) is 3.37. The second kappa shape index (κ2) is 5.05. The van der Waals surface area contributed by atoms with Crippen molar-refractivity contribution in [3.05, 3.63) is 34.1 Å². The Morgan fingerprint density at radius 3 is 2.80 bits per heavy atom. The van der Waals surface area contributed by atoms with Gasteiger partial charge in [0.15, 0.2) is 0 Å². The van der Waals surface area contributed by atoms with Gasteiger partial charge in [-0.1, -0.05) is 29.1 Å². The molecule has 1 aromatic heterocycles. The maximum Gasteiger partial charge on any atom is 0.132 e. The van der Waals surface area contributed by atoms with E-state index >= 15 is 0 Å². The summed E-state index contributed by atoms with van der Waals surface area (Å²) >= 11 is 12.3. The number of nitrogens with zero attached hydrogens (tertiary/aromatic N) is 2. The summed E-state index contributed by atoms with van der Waals surface area (Å²) < 4.78 is 1.89. The zero-order chi connectivity index (χ0) is 14.3. The number of halogens is 2. The molecule has 1 aliphatic rings. The summed E-state index contributed by atoms with van der Waals surface area (Å²) in [5.41, 5.74) is 7.62. The molecular weight excluding hydrogens is 293 g/mol. The Morgan fingerprint density at radius 2 is 2.15 bits per heavy atom. The molecule has 1 aromatic carbocycles. The van der Waals surface area contributed by atoms with E-state index in [2.05, 4.69) is 10.9 Å². The number of hydrogen-bond donors (Lipinski definition) is 1. The molecule has 0 spiro atoms. The smallest absolute Gasteiger partial charge is 0.132 e. The molecule has 1 saturated carbocycles. The van der Waals surface area contributed by atoms with Crippen molar-refractivity contribution in [2.75, 3.05) is 5.73 Å². The van der Waals surface area contributed by atoms with Gasteiger partial charge in [0.05, 0.1) is 11.6 Å². The molecule has 0 atom stereocenters. The second-order valence-electron chi connectivity index (χ2n) is 4.89. The van der Waals surface area contributed by atoms with Gasteiger partial charge in [0.1, 0.15) is 17.3 Å². The minimum atomic E-state index is 0.419. The standard InChI is InChI=1S/C15H13Cl2N3/c1-2-7-20-14(18)13(19-15(20)9-3-4-9)11-8-10(16)5-6-12(11)17/h1,5-6,8-9H,3-4,7,18H2. The lowest BCUT2D eigenvalue weighted by Crippen LogP contribution is -2.05. The van der Waals surface area contributed by atoms with Crippen molar-refractivity contribution in [3.63, 3.8) is 0 Å². The number of rotatable bonds is 3. The predicted molar refractivity (Wildman–Crippen MR) is 82.9 cm³/mol. The number of terminal acetylenes is 1. The number of nitrogen functional groups attached to an aromatic ring is 1. The lowest BCUT2D eigenvalue weighted by Gasteiger charge is -2.05. The van der Waals surface area contributed by atoms with Crippen LogP contribution in [0.3, 0.4) is 0 Å². The van der Waals surface area contributed by atoms with Crippen molar-refractivity contribution < 1.29 is 0 Å². The van der Waals surface area contributed by atoms with E-state index in [-0.39, 0.29) is 0 Å². The first-order chi connectivity index (χ1) is 9.61. The number of anilines is 1. The SMILES string of the molecule is C#CCn1c(C2CC2)nc(-c2cc(Cl)ccc2Cl)c1N. The van der Waals surface area contributed by atoms with Crippen LogP contribution in [0.2, 0.25) is 10.0 Å². The molecule has 2 N–H and O–H groups in total. The summed E-state index contributed by atoms with van der Waals surface area (Å²) in [7, 11) is 0. The van der Waals surface area contributed by atoms with Crippen LogP contribution in [-0.2, 0) is 6.54 Å². The minimum Gasteiger partial charge on any atom is -0.383 e. The Hall–Kier alpha value is -1.63. The third kappa shape index (κ3) is 2.26. The minimum absolute atomic E-state index is 0.419. The van der Waals surface area contributed by atoms with Gasteiger partial charge in [0, 0.05) is 16.5 Å². The highest BCUT2D eigenvalue weighted by Crippen LogP contribution is 2.43. The maximum absolute atomic E-state index is 6.23. The monoisotopic (exact) mass is 305 g/mol. The van der Waals surface area contributed by atoms with Crippen LogP contribution in [0, 0.1) is 12.3 Å². The van der Waals surface area contributed by atoms with E-state index < -0.39 is 0 Å². The number of hydrogen-bond acceptors (Lipinski definition) is 2. The van der Waals surface area contributed by atoms with E-state index in [1.54, 1.807) is 18.2 Å². The number of nitrogens with two attached hydrogens (primary N) is 1. The molecule has 1 fully saturated rings. The molecule has 0 aliphatic heterocycles. The van der Waals surface area contributed by atoms with Gasteiger partial charge in [0.2, 0.25) is 0 Å². The van der Waals surface area contributed by atoms with Gasteiger partial charge in [-0.2, -0.15) is 0 Å². The highest BCUT2D eigenvalue weighted by Gasteiger charge is 2.31. The van der Waals surface area contributed by atoms with Crippen LogP contribution < -0.4 is 5.73 Å². The van der Waals surface area contributed by atoms with Crippen molar-refractivity contribution in [2.45, 2.75) is 25.3 Å². The highest BCUT2D eigenvalue weighted by atomic mass is 35.5. The first-order valence-corrected chi connectivity index (χ1v) is 7.12. The first-order valence-electron chi connectivity index (χ1n) is 6.36. The molecule has 0 amide bonds. The quantitative estimate of drug-likeness (QED) is 0.873. The normalized spacial score (nSPS) is 14.2. The maximum atomic E-state index is 6.23. The fourth-order valence-electron chi connectivity index (χ4n) is 2.27. The average Bonchev–Trinajstić information content (AvgIpc) is 3.21. The fourth-order valence-corrected chi connectivity index (χ4v) is 2.65. The summed E-state index contributed by atoms with van der Waals surface area (Å²) in [6, 6.07) is 5.26. The summed E-state index contributed by atoms with van der Waals surface area (Å²) in [5.74, 6) is 4.58. The van der Waals surface area contributed by atoms with Crippen molar-refractivity contribution in [1.29, 1.82) is 0 Å². The summed E-state index contributed by atoms with van der Waals surface area (Å²) in [5, 5.41) is 1.18. The fraction of sp³-hybridized carbons (Fsp3) is 0.267. The van der Waals surface area contributed by atoms with Crippen LogP contribution in [0.1, 0.15) is 24.6 Å². The zero-order valence-electron chi connectivity index (χ0n) is 10.7. The molecule has 2 aromatic rings. The molecule has 0 saturated heterocycles. The molecule has 0 bridgehead atoms. The third-order valence-electron chi connectivity index (χ3n) is 3.41. The lowest BCUT2D eigenvalue weighted by molar-refractivity contribution is 0.762. The van der Waals surface area contributed by atoms with Crippen LogP contribution in [0.15, 0.2) is 18.2 Å². The predicted octanol–water partition coefficient (Wildman–Crippen LogP) is 3.95. The zero-order valence-corrected chi connectivity index (χ0v) is 12.2. The van der Waals surface area contributed by atoms with Gasteiger partial charge in [-0.05, 0) is 31.0 Å². The van der Waals surface area contributed by atoms with Gasteiger partial charge >= 0.3 is 0 Å². The Labute approximate surface area is 127 Å². The van der Waals surface area contributed by atoms with Crippen molar-refractivity contribution in [1.82, 2.24) is 9.55 Å². The van der Waals surface area contributed by atoms with E-state index in [1.165, 1.54) is 0 Å². The molecule has 0 unspecified atom stereocenters. The van der Waals surface area contributed by atoms with Crippen LogP contribution in [0.4, 0.5) is 5.82 Å². The van der Waals surface area contributed by atoms with Gasteiger partial charge in [0.25, 0.3) is 0 Å². The number of benzene rings is 1. The van der Waals surface area contributed by atoms with Crippen molar-refractivity contribution in [3.8, 4) is 23.6 Å². The molecule has 0 radical (unpaired) electrons. The van der Waals surface area contributed by atoms with E-state index in [9.17, 15) is 0 Å². The average molecular weight is 306 g/mol. The number of aromatic nitrogens is 2. The summed E-state index contributed by atoms with van der Waals surface area (Å²) in [6.45, 7) is 0.419. The van der Waals surface area contributed by atoms with Gasteiger partial charge in [-0.15, -0.1) is 6.42 Å². The Morgan fingerprint density at radius 1 is 1.40 bits per heavy atom. The second-order valence-corrected chi connectivity index (χ2v) is 5.74. The topological polar surface area (TPSA) is 43.8 Å². The Bertz CT molecular complexity index is 709. The molecule has 102 valence electrons. The molecule has 1 aliphatic carbocycles. The van der Waals surface area contributed by atoms with E-state index in [4.69, 9.17) is 35.4 Å². The largest absolute Gasteiger partial charge is 0.383 e. The molecule has 1 heterocycles. The number of imidazole rings is 1. The summed E-state index contributed by atoms with van der Waals surface area (Å²) in [6.07, 6.45) is 7.68. The van der Waals surface area contributed by atoms with Crippen LogP contribution in [0.25, 0.3) is 11.3 Å². The van der Waals surface area contributed by atoms with Gasteiger partial charge in [-0.25, -0.2) is 4.98 Å². The van der Waals surface area contributed by atoms with E-state index in [0.717, 1.165) is 24.2 Å². The van der Waals surface area contributed by atoms with Gasteiger partial charge < -0.3 is 10.3 Å². The van der Waals surface area contributed by atoms with E-state index in [0.29, 0.717) is 34.0 Å². The highest BCUT2D eigenvalue weighted by molar-refractivity contribution is 6.35. The van der Waals surface area contributed by atoms with Crippen LogP contribution in [0.5, 0.6) is 0 Å². The van der Waals surface area contributed by atoms with Crippen molar-refractivity contribution >= 4 is 29.0 Å². The van der Waals surface area contributed by atoms with Crippen LogP contribution >= 0.6 is 23.2 Å². The molecule has 3 nitrogen and oxygen atoms in total. The Balaban J connectivity index is 2.16. The molecule has 3 rings (SSSR count). The molecule has 5 heteroatoms. The van der Waals surface area contributed by atoms with E-state index in [1.807, 2.05) is 4.57 Å². The summed E-state index contributed by atoms with van der Waals surface area (Å²) in [4.78, 5) is 4.66. The molecule has 20 heavy (non-hydrogen) atoms.